The van der Waals surface area contributed by atoms with Crippen molar-refractivity contribution in [2.45, 2.75) is 26.8 Å². The van der Waals surface area contributed by atoms with E-state index < -0.39 is 12.0 Å². The van der Waals surface area contributed by atoms with E-state index in [2.05, 4.69) is 10.3 Å². The van der Waals surface area contributed by atoms with Crippen LogP contribution in [0.15, 0.2) is 69.6 Å². The quantitative estimate of drug-likeness (QED) is 0.556. The summed E-state index contributed by atoms with van der Waals surface area (Å²) in [5, 5.41) is 2.82. The maximum Gasteiger partial charge on any atom is 0.338 e. The second-order valence-electron chi connectivity index (χ2n) is 8.00. The molecule has 0 saturated carbocycles. The molecule has 1 amide bonds. The van der Waals surface area contributed by atoms with Crippen LogP contribution in [-0.4, -0.2) is 29.7 Å². The number of anilines is 1. The fourth-order valence-electron chi connectivity index (χ4n) is 4.41. The molecule has 178 valence electrons. The van der Waals surface area contributed by atoms with E-state index in [1.807, 2.05) is 31.2 Å². The van der Waals surface area contributed by atoms with Gasteiger partial charge in [0.1, 0.15) is 10.3 Å². The van der Waals surface area contributed by atoms with Crippen molar-refractivity contribution in [1.29, 1.82) is 0 Å². The SMILES string of the molecule is CCOC(=O)C1=C(C)N=c2s/c(=C3\C(=O)Nc4ccccc43)c(=O)n2C1c1ccc(OCC)cc1. The number of allylic oxidation sites excluding steroid dienone is 1. The first-order valence-corrected chi connectivity index (χ1v) is 12.1. The Balaban J connectivity index is 1.77. The van der Waals surface area contributed by atoms with Gasteiger partial charge in [0.25, 0.3) is 11.5 Å². The van der Waals surface area contributed by atoms with Crippen molar-refractivity contribution in [3.8, 4) is 5.75 Å². The summed E-state index contributed by atoms with van der Waals surface area (Å²) in [4.78, 5) is 44.7. The summed E-state index contributed by atoms with van der Waals surface area (Å²) in [6.07, 6.45) is 0. The predicted molar refractivity (Wildman–Crippen MR) is 132 cm³/mol. The van der Waals surface area contributed by atoms with Crippen LogP contribution in [-0.2, 0) is 14.3 Å². The highest BCUT2D eigenvalue weighted by atomic mass is 32.1. The monoisotopic (exact) mass is 489 g/mol. The van der Waals surface area contributed by atoms with Gasteiger partial charge in [-0.1, -0.05) is 41.7 Å². The molecule has 9 heteroatoms. The molecule has 1 unspecified atom stereocenters. The third-order valence-electron chi connectivity index (χ3n) is 5.90. The minimum Gasteiger partial charge on any atom is -0.494 e. The Bertz CT molecular complexity index is 1560. The van der Waals surface area contributed by atoms with Crippen molar-refractivity contribution in [2.24, 2.45) is 4.99 Å². The summed E-state index contributed by atoms with van der Waals surface area (Å²) in [6, 6.07) is 13.7. The molecule has 1 N–H and O–H groups in total. The molecule has 35 heavy (non-hydrogen) atoms. The number of nitrogens with zero attached hydrogens (tertiary/aromatic N) is 2. The van der Waals surface area contributed by atoms with E-state index in [1.165, 1.54) is 4.57 Å². The van der Waals surface area contributed by atoms with Crippen molar-refractivity contribution in [3.63, 3.8) is 0 Å². The number of amides is 1. The van der Waals surface area contributed by atoms with Gasteiger partial charge in [0.15, 0.2) is 4.80 Å². The van der Waals surface area contributed by atoms with Gasteiger partial charge in [-0.2, -0.15) is 0 Å². The number of hydrogen-bond donors (Lipinski definition) is 1. The topological polar surface area (TPSA) is 99.0 Å². The molecule has 3 aromatic rings. The van der Waals surface area contributed by atoms with E-state index in [9.17, 15) is 14.4 Å². The van der Waals surface area contributed by atoms with Gasteiger partial charge in [-0.15, -0.1) is 0 Å². The maximum absolute atomic E-state index is 13.9. The Morgan fingerprint density at radius 3 is 2.54 bits per heavy atom. The molecule has 1 atom stereocenters. The van der Waals surface area contributed by atoms with Gasteiger partial charge in [0.05, 0.1) is 36.1 Å². The first-order chi connectivity index (χ1) is 16.9. The van der Waals surface area contributed by atoms with Crippen LogP contribution in [0.4, 0.5) is 5.69 Å². The van der Waals surface area contributed by atoms with E-state index in [1.54, 1.807) is 38.1 Å². The first kappa shape index (κ1) is 22.8. The number of thiazole rings is 1. The number of carbonyl (C=O) groups is 2. The zero-order valence-corrected chi connectivity index (χ0v) is 20.3. The molecule has 0 saturated heterocycles. The molecule has 0 spiro atoms. The summed E-state index contributed by atoms with van der Waals surface area (Å²) >= 11 is 1.14. The van der Waals surface area contributed by atoms with Crippen molar-refractivity contribution in [2.75, 3.05) is 18.5 Å². The lowest BCUT2D eigenvalue weighted by molar-refractivity contribution is -0.139. The average molecular weight is 490 g/mol. The van der Waals surface area contributed by atoms with Gasteiger partial charge in [-0.05, 0) is 44.5 Å². The third kappa shape index (κ3) is 3.77. The Morgan fingerprint density at radius 2 is 1.83 bits per heavy atom. The number of fused-ring (bicyclic) bond motifs is 2. The van der Waals surface area contributed by atoms with Crippen molar-refractivity contribution in [1.82, 2.24) is 4.57 Å². The highest BCUT2D eigenvalue weighted by Gasteiger charge is 2.35. The number of ether oxygens (including phenoxy) is 2. The van der Waals surface area contributed by atoms with Crippen LogP contribution in [0.5, 0.6) is 5.75 Å². The predicted octanol–water partition coefficient (Wildman–Crippen LogP) is 2.52. The van der Waals surface area contributed by atoms with E-state index in [-0.39, 0.29) is 28.2 Å². The van der Waals surface area contributed by atoms with Crippen LogP contribution in [0, 0.1) is 0 Å². The van der Waals surface area contributed by atoms with Crippen LogP contribution in [0.2, 0.25) is 0 Å². The number of nitrogens with one attached hydrogen (secondary N) is 1. The van der Waals surface area contributed by atoms with Crippen LogP contribution in [0.3, 0.4) is 0 Å². The lowest BCUT2D eigenvalue weighted by Crippen LogP contribution is -2.40. The lowest BCUT2D eigenvalue weighted by Gasteiger charge is -2.24. The molecule has 1 aromatic heterocycles. The van der Waals surface area contributed by atoms with Crippen molar-refractivity contribution in [3.05, 3.63) is 90.6 Å². The van der Waals surface area contributed by atoms with Crippen LogP contribution in [0.25, 0.3) is 5.57 Å². The second-order valence-corrected chi connectivity index (χ2v) is 8.98. The lowest BCUT2D eigenvalue weighted by atomic mass is 9.96. The number of benzene rings is 2. The van der Waals surface area contributed by atoms with E-state index >= 15 is 0 Å². The molecule has 2 aliphatic rings. The molecular weight excluding hydrogens is 466 g/mol. The van der Waals surface area contributed by atoms with Crippen molar-refractivity contribution < 1.29 is 19.1 Å². The summed E-state index contributed by atoms with van der Waals surface area (Å²) in [6.45, 7) is 6.07. The maximum atomic E-state index is 13.9. The van der Waals surface area contributed by atoms with Crippen LogP contribution in [0.1, 0.15) is 37.9 Å². The standard InChI is InChI=1S/C26H23N3O5S/c1-4-33-16-12-10-15(11-13-16)21-19(25(32)34-5-2)14(3)27-26-29(21)24(31)22(35-26)20-17-8-6-7-9-18(17)28-23(20)30/h6-13,21H,4-5H2,1-3H3,(H,28,30)/b22-20-. The number of rotatable bonds is 5. The van der Waals surface area contributed by atoms with Gasteiger partial charge in [0, 0.05) is 11.3 Å². The number of carbonyl (C=O) groups excluding carboxylic acids is 2. The van der Waals surface area contributed by atoms with Gasteiger partial charge in [-0.25, -0.2) is 9.79 Å². The largest absolute Gasteiger partial charge is 0.494 e. The van der Waals surface area contributed by atoms with Crippen molar-refractivity contribution >= 4 is 34.5 Å². The number of hydrogen-bond acceptors (Lipinski definition) is 7. The fraction of sp³-hybridized carbons (Fsp3) is 0.231. The molecule has 5 rings (SSSR count). The Morgan fingerprint density at radius 1 is 1.09 bits per heavy atom. The summed E-state index contributed by atoms with van der Waals surface area (Å²) in [5.41, 5.74) is 2.72. The highest BCUT2D eigenvalue weighted by Crippen LogP contribution is 2.33. The van der Waals surface area contributed by atoms with Gasteiger partial charge >= 0.3 is 5.97 Å². The molecule has 0 fully saturated rings. The number of para-hydroxylation sites is 1. The zero-order valence-electron chi connectivity index (χ0n) is 19.5. The molecule has 8 nitrogen and oxygen atoms in total. The molecular formula is C26H23N3O5S. The summed E-state index contributed by atoms with van der Waals surface area (Å²) in [5.74, 6) is -0.187. The number of aromatic nitrogens is 1. The van der Waals surface area contributed by atoms with Gasteiger partial charge in [-0.3, -0.25) is 14.2 Å². The molecule has 0 radical (unpaired) electrons. The average Bonchev–Trinajstić information content (AvgIpc) is 3.34. The van der Waals surface area contributed by atoms with E-state index in [4.69, 9.17) is 9.47 Å². The van der Waals surface area contributed by atoms with E-state index in [0.29, 0.717) is 45.2 Å². The summed E-state index contributed by atoms with van der Waals surface area (Å²) < 4.78 is 12.6. The minimum atomic E-state index is -0.755. The smallest absolute Gasteiger partial charge is 0.338 e. The molecule has 3 heterocycles. The molecule has 0 aliphatic carbocycles. The normalized spacial score (nSPS) is 17.9. The second kappa shape index (κ2) is 8.99. The Labute approximate surface area is 204 Å². The van der Waals surface area contributed by atoms with E-state index in [0.717, 1.165) is 11.3 Å². The molecule has 2 aliphatic heterocycles. The van der Waals surface area contributed by atoms with Crippen LogP contribution >= 0.6 is 11.3 Å². The summed E-state index contributed by atoms with van der Waals surface area (Å²) in [7, 11) is 0. The minimum absolute atomic E-state index is 0.192. The first-order valence-electron chi connectivity index (χ1n) is 11.3. The zero-order chi connectivity index (χ0) is 24.7. The molecule has 0 bridgehead atoms. The highest BCUT2D eigenvalue weighted by molar-refractivity contribution is 7.07. The number of esters is 1. The molecule has 2 aromatic carbocycles. The Kier molecular flexibility index (Phi) is 5.86. The van der Waals surface area contributed by atoms with Gasteiger partial charge in [0.2, 0.25) is 0 Å². The fourth-order valence-corrected chi connectivity index (χ4v) is 5.56. The Hall–Kier alpha value is -3.98. The third-order valence-corrected chi connectivity index (χ3v) is 6.95. The van der Waals surface area contributed by atoms with Crippen LogP contribution < -0.4 is 24.9 Å². The van der Waals surface area contributed by atoms with Gasteiger partial charge < -0.3 is 14.8 Å².